The zero-order valence-electron chi connectivity index (χ0n) is 13.5. The Hall–Kier alpha value is -1.80. The van der Waals surface area contributed by atoms with Gasteiger partial charge in [0.05, 0.1) is 13.2 Å². The summed E-state index contributed by atoms with van der Waals surface area (Å²) < 4.78 is 51.2. The van der Waals surface area contributed by atoms with Crippen molar-refractivity contribution in [1.82, 2.24) is 4.90 Å². The summed E-state index contributed by atoms with van der Waals surface area (Å²) >= 11 is 0. The summed E-state index contributed by atoms with van der Waals surface area (Å²) in [7, 11) is 2.93. The van der Waals surface area contributed by atoms with Crippen molar-refractivity contribution in [3.05, 3.63) is 29.8 Å². The average Bonchev–Trinajstić information content (AvgIpc) is 2.96. The molecule has 2 unspecified atom stereocenters. The minimum Gasteiger partial charge on any atom is -0.484 e. The van der Waals surface area contributed by atoms with Crippen LogP contribution in [0.5, 0.6) is 5.75 Å². The molecule has 1 aromatic rings. The second-order valence-corrected chi connectivity index (χ2v) is 5.61. The highest BCUT2D eigenvalue weighted by Crippen LogP contribution is 2.24. The normalized spacial score (nSPS) is 21.7. The monoisotopic (exact) mass is 347 g/mol. The number of rotatable bonds is 6. The molecule has 1 saturated heterocycles. The number of benzene rings is 1. The van der Waals surface area contributed by atoms with E-state index in [1.165, 1.54) is 19.2 Å². The molecule has 2 rings (SSSR count). The first kappa shape index (κ1) is 18.5. The van der Waals surface area contributed by atoms with Crippen molar-refractivity contribution in [3.8, 4) is 5.75 Å². The van der Waals surface area contributed by atoms with Gasteiger partial charge in [-0.25, -0.2) is 0 Å². The Kier molecular flexibility index (Phi) is 6.06. The lowest BCUT2D eigenvalue weighted by Gasteiger charge is -2.22. The van der Waals surface area contributed by atoms with Crippen LogP contribution >= 0.6 is 0 Å². The van der Waals surface area contributed by atoms with Crippen LogP contribution in [0.4, 0.5) is 13.2 Å². The largest absolute Gasteiger partial charge is 0.484 e. The van der Waals surface area contributed by atoms with E-state index in [0.29, 0.717) is 19.5 Å². The van der Waals surface area contributed by atoms with Crippen LogP contribution in [0.1, 0.15) is 12.0 Å². The fraction of sp³-hybridized carbons (Fsp3) is 0.562. The summed E-state index contributed by atoms with van der Waals surface area (Å²) in [4.78, 5) is 13.8. The molecule has 0 spiro atoms. The minimum absolute atomic E-state index is 0.0523. The van der Waals surface area contributed by atoms with Gasteiger partial charge in [-0.05, 0) is 17.7 Å². The third-order valence-electron chi connectivity index (χ3n) is 3.88. The number of esters is 1. The van der Waals surface area contributed by atoms with Crippen LogP contribution in [0.25, 0.3) is 0 Å². The van der Waals surface area contributed by atoms with Crippen LogP contribution in [0.3, 0.4) is 0 Å². The fourth-order valence-electron chi connectivity index (χ4n) is 2.68. The first-order valence-electron chi connectivity index (χ1n) is 7.45. The van der Waals surface area contributed by atoms with Crippen LogP contribution < -0.4 is 4.74 Å². The molecule has 0 aromatic heterocycles. The Morgan fingerprint density at radius 2 is 1.92 bits per heavy atom. The second kappa shape index (κ2) is 7.85. The highest BCUT2D eigenvalue weighted by atomic mass is 19.4. The maximum absolute atomic E-state index is 12.1. The highest BCUT2D eigenvalue weighted by molar-refractivity contribution is 5.76. The third kappa shape index (κ3) is 5.10. The fourth-order valence-corrected chi connectivity index (χ4v) is 2.68. The summed E-state index contributed by atoms with van der Waals surface area (Å²) in [6.45, 7) is -0.264. The molecule has 0 radical (unpaired) electrons. The molecule has 0 aliphatic carbocycles. The number of methoxy groups -OCH3 is 2. The van der Waals surface area contributed by atoms with E-state index in [0.717, 1.165) is 5.56 Å². The summed E-state index contributed by atoms with van der Waals surface area (Å²) in [5.74, 6) is -0.170. The van der Waals surface area contributed by atoms with Crippen LogP contribution in [0, 0.1) is 0 Å². The number of nitrogens with zero attached hydrogens (tertiary/aromatic N) is 1. The standard InChI is InChI=1S/C16H20F3NO4/c1-22-13-7-14(15(21)23-2)20(9-13)8-11-3-5-12(6-4-11)24-10-16(17,18)19/h3-6,13-14H,7-10H2,1-2H3. The number of ether oxygens (including phenoxy) is 3. The van der Waals surface area contributed by atoms with Crippen molar-refractivity contribution in [2.75, 3.05) is 27.4 Å². The number of carbonyl (C=O) groups excluding carboxylic acids is 1. The lowest BCUT2D eigenvalue weighted by atomic mass is 10.1. The number of likely N-dealkylation sites (tertiary alicyclic amines) is 1. The van der Waals surface area contributed by atoms with Crippen LogP contribution in [0.2, 0.25) is 0 Å². The maximum atomic E-state index is 12.1. The summed E-state index contributed by atoms with van der Waals surface area (Å²) in [6, 6.07) is 5.94. The SMILES string of the molecule is COC(=O)C1CC(OC)CN1Cc1ccc(OCC(F)(F)F)cc1. The van der Waals surface area contributed by atoms with E-state index in [4.69, 9.17) is 9.47 Å². The van der Waals surface area contributed by atoms with Crippen LogP contribution in [-0.2, 0) is 20.8 Å². The second-order valence-electron chi connectivity index (χ2n) is 5.61. The molecule has 0 N–H and O–H groups in total. The topological polar surface area (TPSA) is 48.0 Å². The molecule has 8 heteroatoms. The first-order chi connectivity index (χ1) is 11.3. The predicted octanol–water partition coefficient (Wildman–Crippen LogP) is 2.39. The molecule has 1 aliphatic rings. The highest BCUT2D eigenvalue weighted by Gasteiger charge is 2.37. The van der Waals surface area contributed by atoms with Crippen molar-refractivity contribution >= 4 is 5.97 Å². The summed E-state index contributed by atoms with van der Waals surface area (Å²) in [5.41, 5.74) is 0.861. The van der Waals surface area contributed by atoms with Gasteiger partial charge < -0.3 is 14.2 Å². The minimum atomic E-state index is -4.36. The third-order valence-corrected chi connectivity index (χ3v) is 3.88. The molecule has 2 atom stereocenters. The van der Waals surface area contributed by atoms with Gasteiger partial charge in [-0.15, -0.1) is 0 Å². The number of alkyl halides is 3. The van der Waals surface area contributed by atoms with Crippen molar-refractivity contribution in [3.63, 3.8) is 0 Å². The van der Waals surface area contributed by atoms with Gasteiger partial charge in [0, 0.05) is 26.6 Å². The van der Waals surface area contributed by atoms with Crippen molar-refractivity contribution < 1.29 is 32.2 Å². The van der Waals surface area contributed by atoms with Gasteiger partial charge >= 0.3 is 12.1 Å². The molecule has 24 heavy (non-hydrogen) atoms. The quantitative estimate of drug-likeness (QED) is 0.740. The molecule has 1 aromatic carbocycles. The van der Waals surface area contributed by atoms with Gasteiger partial charge in [-0.3, -0.25) is 9.69 Å². The van der Waals surface area contributed by atoms with Gasteiger partial charge in [0.25, 0.3) is 0 Å². The van der Waals surface area contributed by atoms with Gasteiger partial charge in [-0.1, -0.05) is 12.1 Å². The van der Waals surface area contributed by atoms with Crippen molar-refractivity contribution in [1.29, 1.82) is 0 Å². The molecule has 1 heterocycles. The zero-order chi connectivity index (χ0) is 17.7. The number of halogens is 3. The van der Waals surface area contributed by atoms with Gasteiger partial charge in [-0.2, -0.15) is 13.2 Å². The molecule has 5 nitrogen and oxygen atoms in total. The summed E-state index contributed by atoms with van der Waals surface area (Å²) in [6.07, 6.45) is -3.86. The van der Waals surface area contributed by atoms with Crippen molar-refractivity contribution in [2.24, 2.45) is 0 Å². The van der Waals surface area contributed by atoms with Gasteiger partial charge in [0.2, 0.25) is 0 Å². The zero-order valence-corrected chi connectivity index (χ0v) is 13.5. The Labute approximate surface area is 138 Å². The number of carbonyl (C=O) groups is 1. The van der Waals surface area contributed by atoms with Crippen molar-refractivity contribution in [2.45, 2.75) is 31.3 Å². The molecule has 1 fully saturated rings. The Morgan fingerprint density at radius 3 is 2.46 bits per heavy atom. The Balaban J connectivity index is 1.97. The lowest BCUT2D eigenvalue weighted by molar-refractivity contribution is -0.153. The molecule has 1 aliphatic heterocycles. The number of hydrogen-bond donors (Lipinski definition) is 0. The van der Waals surface area contributed by atoms with E-state index in [9.17, 15) is 18.0 Å². The smallest absolute Gasteiger partial charge is 0.422 e. The van der Waals surface area contributed by atoms with Gasteiger partial charge in [0.1, 0.15) is 11.8 Å². The van der Waals surface area contributed by atoms with Crippen LogP contribution in [0.15, 0.2) is 24.3 Å². The first-order valence-corrected chi connectivity index (χ1v) is 7.45. The van der Waals surface area contributed by atoms with E-state index >= 15 is 0 Å². The molecule has 0 bridgehead atoms. The van der Waals surface area contributed by atoms with Crippen LogP contribution in [-0.4, -0.2) is 56.6 Å². The number of hydrogen-bond acceptors (Lipinski definition) is 5. The van der Waals surface area contributed by atoms with E-state index in [1.54, 1.807) is 19.2 Å². The Bertz CT molecular complexity index is 547. The van der Waals surface area contributed by atoms with E-state index in [-0.39, 0.29) is 23.9 Å². The van der Waals surface area contributed by atoms with Gasteiger partial charge in [0.15, 0.2) is 6.61 Å². The molecule has 0 saturated carbocycles. The molecular formula is C16H20F3NO4. The van der Waals surface area contributed by atoms with E-state index in [2.05, 4.69) is 4.74 Å². The predicted molar refractivity (Wildman–Crippen MR) is 79.6 cm³/mol. The average molecular weight is 347 g/mol. The molecule has 0 amide bonds. The summed E-state index contributed by atoms with van der Waals surface area (Å²) in [5, 5.41) is 0. The lowest BCUT2D eigenvalue weighted by Crippen LogP contribution is -2.36. The van der Waals surface area contributed by atoms with E-state index < -0.39 is 12.8 Å². The molecule has 134 valence electrons. The van der Waals surface area contributed by atoms with E-state index in [1.807, 2.05) is 4.90 Å². The molecular weight excluding hydrogens is 327 g/mol. The maximum Gasteiger partial charge on any atom is 0.422 e. The Morgan fingerprint density at radius 1 is 1.25 bits per heavy atom.